The number of para-hydroxylation sites is 4. The molecule has 1 fully saturated rings. The van der Waals surface area contributed by atoms with Crippen molar-refractivity contribution in [3.05, 3.63) is 78.9 Å². The zero-order valence-corrected chi connectivity index (χ0v) is 18.9. The molecule has 0 saturated carbocycles. The number of aromatic nitrogens is 3. The molecule has 6 nitrogen and oxygen atoms in total. The molecule has 5 aromatic rings. The lowest BCUT2D eigenvalue weighted by Crippen LogP contribution is -2.49. The largest absolute Gasteiger partial charge is 0.368 e. The number of rotatable bonds is 4. The standard InChI is InChI=1S/C26H23N5OS/c32-24(30-16-14-29(15-17-30)19-8-2-1-3-9-19)18-33-26-28-21-11-5-4-10-20(21)25-27-22-12-6-7-13-23(22)31(25)26/h1-13H,14-18H2. The Bertz CT molecular complexity index is 1460. The van der Waals surface area contributed by atoms with Crippen LogP contribution in [0.1, 0.15) is 0 Å². The van der Waals surface area contributed by atoms with Crippen molar-refractivity contribution in [1.29, 1.82) is 0 Å². The van der Waals surface area contributed by atoms with Gasteiger partial charge in [-0.05, 0) is 36.4 Å². The minimum atomic E-state index is 0.153. The third kappa shape index (κ3) is 3.68. The Morgan fingerprint density at radius 2 is 1.48 bits per heavy atom. The van der Waals surface area contributed by atoms with E-state index in [0.29, 0.717) is 5.75 Å². The van der Waals surface area contributed by atoms with Gasteiger partial charge < -0.3 is 9.80 Å². The normalized spacial score (nSPS) is 14.4. The van der Waals surface area contributed by atoms with Crippen LogP contribution in [0, 0.1) is 0 Å². The van der Waals surface area contributed by atoms with E-state index in [0.717, 1.165) is 58.9 Å². The van der Waals surface area contributed by atoms with E-state index in [-0.39, 0.29) is 5.91 Å². The molecule has 0 bridgehead atoms. The zero-order valence-electron chi connectivity index (χ0n) is 18.1. The molecule has 1 saturated heterocycles. The number of fused-ring (bicyclic) bond motifs is 5. The first-order valence-corrected chi connectivity index (χ1v) is 12.1. The predicted molar refractivity (Wildman–Crippen MR) is 134 cm³/mol. The maximum atomic E-state index is 13.1. The van der Waals surface area contributed by atoms with Crippen LogP contribution in [0.5, 0.6) is 0 Å². The summed E-state index contributed by atoms with van der Waals surface area (Å²) in [6.45, 7) is 3.18. The number of hydrogen-bond acceptors (Lipinski definition) is 5. The average molecular weight is 454 g/mol. The molecule has 1 aliphatic rings. The number of amides is 1. The summed E-state index contributed by atoms with van der Waals surface area (Å²) in [5.74, 6) is 0.512. The van der Waals surface area contributed by atoms with Gasteiger partial charge in [-0.15, -0.1) is 0 Å². The molecule has 3 heterocycles. The van der Waals surface area contributed by atoms with E-state index >= 15 is 0 Å². The van der Waals surface area contributed by atoms with Crippen LogP contribution in [0.4, 0.5) is 5.69 Å². The third-order valence-corrected chi connectivity index (χ3v) is 7.11. The number of piperazine rings is 1. The number of benzene rings is 3. The van der Waals surface area contributed by atoms with Crippen LogP contribution in [-0.4, -0.2) is 57.1 Å². The molecule has 7 heteroatoms. The monoisotopic (exact) mass is 453 g/mol. The van der Waals surface area contributed by atoms with Gasteiger partial charge in [0.1, 0.15) is 5.65 Å². The Hall–Kier alpha value is -3.58. The molecule has 3 aromatic carbocycles. The van der Waals surface area contributed by atoms with E-state index in [1.807, 2.05) is 47.4 Å². The number of carbonyl (C=O) groups is 1. The van der Waals surface area contributed by atoms with Crippen molar-refractivity contribution in [2.45, 2.75) is 5.16 Å². The minimum absolute atomic E-state index is 0.153. The minimum Gasteiger partial charge on any atom is -0.368 e. The van der Waals surface area contributed by atoms with Gasteiger partial charge in [-0.3, -0.25) is 9.20 Å². The molecule has 0 radical (unpaired) electrons. The molecule has 6 rings (SSSR count). The van der Waals surface area contributed by atoms with Gasteiger partial charge in [0.25, 0.3) is 0 Å². The lowest BCUT2D eigenvalue weighted by Gasteiger charge is -2.36. The molecule has 1 amide bonds. The highest BCUT2D eigenvalue weighted by molar-refractivity contribution is 7.99. The first kappa shape index (κ1) is 20.1. The Labute approximate surface area is 195 Å². The second-order valence-corrected chi connectivity index (χ2v) is 9.11. The second kappa shape index (κ2) is 8.41. The molecular formula is C26H23N5OS. The molecule has 0 unspecified atom stereocenters. The van der Waals surface area contributed by atoms with Crippen LogP contribution < -0.4 is 4.90 Å². The summed E-state index contributed by atoms with van der Waals surface area (Å²) in [5, 5.41) is 1.81. The fraction of sp³-hybridized carbons (Fsp3) is 0.192. The Balaban J connectivity index is 1.24. The predicted octanol–water partition coefficient (Wildman–Crippen LogP) is 4.48. The first-order chi connectivity index (χ1) is 16.3. The number of thioether (sulfide) groups is 1. The quantitative estimate of drug-likeness (QED) is 0.297. The van der Waals surface area contributed by atoms with Crippen molar-refractivity contribution < 1.29 is 4.79 Å². The van der Waals surface area contributed by atoms with Crippen molar-refractivity contribution in [2.75, 3.05) is 36.8 Å². The van der Waals surface area contributed by atoms with Crippen LogP contribution >= 0.6 is 11.8 Å². The number of carbonyl (C=O) groups excluding carboxylic acids is 1. The van der Waals surface area contributed by atoms with E-state index < -0.39 is 0 Å². The zero-order chi connectivity index (χ0) is 22.2. The van der Waals surface area contributed by atoms with Crippen molar-refractivity contribution in [3.63, 3.8) is 0 Å². The van der Waals surface area contributed by atoms with Crippen molar-refractivity contribution in [3.8, 4) is 0 Å². The summed E-state index contributed by atoms with van der Waals surface area (Å²) in [4.78, 5) is 27.1. The fourth-order valence-corrected chi connectivity index (χ4v) is 5.39. The van der Waals surface area contributed by atoms with Gasteiger partial charge in [0.05, 0.1) is 22.3 Å². The third-order valence-electron chi connectivity index (χ3n) is 6.19. The molecule has 164 valence electrons. The van der Waals surface area contributed by atoms with Gasteiger partial charge in [0, 0.05) is 37.3 Å². The molecular weight excluding hydrogens is 430 g/mol. The Morgan fingerprint density at radius 3 is 2.30 bits per heavy atom. The maximum absolute atomic E-state index is 13.1. The molecule has 33 heavy (non-hydrogen) atoms. The van der Waals surface area contributed by atoms with Gasteiger partial charge in [-0.25, -0.2) is 9.97 Å². The summed E-state index contributed by atoms with van der Waals surface area (Å²) < 4.78 is 2.09. The van der Waals surface area contributed by atoms with E-state index in [4.69, 9.17) is 9.97 Å². The van der Waals surface area contributed by atoms with E-state index in [2.05, 4.69) is 45.7 Å². The van der Waals surface area contributed by atoms with Crippen molar-refractivity contribution in [2.24, 2.45) is 0 Å². The topological polar surface area (TPSA) is 53.7 Å². The van der Waals surface area contributed by atoms with Crippen LogP contribution in [0.25, 0.3) is 27.6 Å². The Kier molecular flexibility index (Phi) is 5.11. The van der Waals surface area contributed by atoms with Crippen molar-refractivity contribution >= 4 is 50.9 Å². The van der Waals surface area contributed by atoms with Crippen LogP contribution in [0.15, 0.2) is 84.0 Å². The van der Waals surface area contributed by atoms with Crippen LogP contribution in [0.2, 0.25) is 0 Å². The smallest absolute Gasteiger partial charge is 0.233 e. The number of hydrogen-bond donors (Lipinski definition) is 0. The van der Waals surface area contributed by atoms with Crippen molar-refractivity contribution in [1.82, 2.24) is 19.3 Å². The molecule has 0 N–H and O–H groups in total. The number of imidazole rings is 1. The number of nitrogens with zero attached hydrogens (tertiary/aromatic N) is 5. The van der Waals surface area contributed by atoms with Gasteiger partial charge >= 0.3 is 0 Å². The molecule has 1 aliphatic heterocycles. The van der Waals surface area contributed by atoms with Gasteiger partial charge in [-0.2, -0.15) is 0 Å². The molecule has 0 spiro atoms. The van der Waals surface area contributed by atoms with Gasteiger partial charge in [0.2, 0.25) is 5.91 Å². The molecule has 2 aromatic heterocycles. The summed E-state index contributed by atoms with van der Waals surface area (Å²) in [6.07, 6.45) is 0. The summed E-state index contributed by atoms with van der Waals surface area (Å²) in [6, 6.07) is 26.5. The van der Waals surface area contributed by atoms with E-state index in [1.54, 1.807) is 0 Å². The lowest BCUT2D eigenvalue weighted by molar-refractivity contribution is -0.128. The SMILES string of the molecule is O=C(CSc1nc2ccccc2c2nc3ccccc3n12)N1CCN(c2ccccc2)CC1. The first-order valence-electron chi connectivity index (χ1n) is 11.1. The highest BCUT2D eigenvalue weighted by Gasteiger charge is 2.22. The fourth-order valence-electron chi connectivity index (χ4n) is 4.48. The molecule has 0 aliphatic carbocycles. The lowest BCUT2D eigenvalue weighted by atomic mass is 10.2. The summed E-state index contributed by atoms with van der Waals surface area (Å²) >= 11 is 1.49. The van der Waals surface area contributed by atoms with Gasteiger partial charge in [0.15, 0.2) is 5.16 Å². The second-order valence-electron chi connectivity index (χ2n) is 8.16. The summed E-state index contributed by atoms with van der Waals surface area (Å²) in [5.41, 5.74) is 4.94. The highest BCUT2D eigenvalue weighted by Crippen LogP contribution is 2.29. The van der Waals surface area contributed by atoms with Gasteiger partial charge in [-0.1, -0.05) is 54.2 Å². The number of anilines is 1. The maximum Gasteiger partial charge on any atom is 0.233 e. The average Bonchev–Trinajstić information content (AvgIpc) is 3.28. The van der Waals surface area contributed by atoms with Crippen LogP contribution in [-0.2, 0) is 4.79 Å². The highest BCUT2D eigenvalue weighted by atomic mass is 32.2. The molecule has 0 atom stereocenters. The van der Waals surface area contributed by atoms with E-state index in [9.17, 15) is 4.79 Å². The summed E-state index contributed by atoms with van der Waals surface area (Å²) in [7, 11) is 0. The van der Waals surface area contributed by atoms with Crippen LogP contribution in [0.3, 0.4) is 0 Å². The Morgan fingerprint density at radius 1 is 0.788 bits per heavy atom. The van der Waals surface area contributed by atoms with E-state index in [1.165, 1.54) is 17.4 Å².